The van der Waals surface area contributed by atoms with Crippen molar-refractivity contribution in [3.8, 4) is 0 Å². The Morgan fingerprint density at radius 1 is 1.29 bits per heavy atom. The van der Waals surface area contributed by atoms with Crippen LogP contribution in [0.15, 0.2) is 12.4 Å². The number of amides is 2. The van der Waals surface area contributed by atoms with E-state index in [4.69, 9.17) is 0 Å². The second kappa shape index (κ2) is 8.82. The van der Waals surface area contributed by atoms with Crippen LogP contribution in [-0.2, 0) is 23.2 Å². The quantitative estimate of drug-likeness (QED) is 0.833. The normalized spacial score (nSPS) is 17.4. The number of nitrogens with zero attached hydrogens (tertiary/aromatic N) is 4. The van der Waals surface area contributed by atoms with Gasteiger partial charge < -0.3 is 14.8 Å². The summed E-state index contributed by atoms with van der Waals surface area (Å²) in [5, 5.41) is 2.80. The minimum atomic E-state index is -0.395. The summed E-state index contributed by atoms with van der Waals surface area (Å²) in [6.07, 6.45) is 6.26. The van der Waals surface area contributed by atoms with E-state index in [1.807, 2.05) is 35.8 Å². The predicted molar refractivity (Wildman–Crippen MR) is 92.2 cm³/mol. The molecule has 0 bridgehead atoms. The van der Waals surface area contributed by atoms with Crippen LogP contribution in [-0.4, -0.2) is 63.4 Å². The molecule has 1 N–H and O–H groups in total. The third-order valence-corrected chi connectivity index (χ3v) is 4.44. The maximum Gasteiger partial charge on any atom is 0.245 e. The Labute approximate surface area is 144 Å². The van der Waals surface area contributed by atoms with E-state index < -0.39 is 6.04 Å². The molecule has 1 aliphatic rings. The van der Waals surface area contributed by atoms with Gasteiger partial charge in [0.15, 0.2) is 0 Å². The van der Waals surface area contributed by atoms with Gasteiger partial charge in [-0.2, -0.15) is 0 Å². The van der Waals surface area contributed by atoms with E-state index in [1.54, 1.807) is 0 Å². The van der Waals surface area contributed by atoms with Gasteiger partial charge in [0.05, 0.1) is 6.54 Å². The molecule has 2 amide bonds. The smallest absolute Gasteiger partial charge is 0.245 e. The largest absolute Gasteiger partial charge is 0.345 e. The van der Waals surface area contributed by atoms with Crippen LogP contribution in [0.2, 0.25) is 0 Å². The lowest BCUT2D eigenvalue weighted by Gasteiger charge is -2.26. The summed E-state index contributed by atoms with van der Waals surface area (Å²) in [6.45, 7) is 7.52. The zero-order valence-corrected chi connectivity index (χ0v) is 15.0. The topological polar surface area (TPSA) is 70.5 Å². The number of nitrogens with one attached hydrogen (secondary N) is 1. The highest BCUT2D eigenvalue weighted by molar-refractivity contribution is 5.86. The number of imidazole rings is 1. The van der Waals surface area contributed by atoms with Crippen LogP contribution in [0.3, 0.4) is 0 Å². The van der Waals surface area contributed by atoms with E-state index >= 15 is 0 Å². The number of aromatic nitrogens is 2. The van der Waals surface area contributed by atoms with Crippen LogP contribution >= 0.6 is 0 Å². The molecular formula is C17H29N5O2. The van der Waals surface area contributed by atoms with Crippen molar-refractivity contribution in [1.29, 1.82) is 0 Å². The molecule has 24 heavy (non-hydrogen) atoms. The van der Waals surface area contributed by atoms with E-state index in [9.17, 15) is 9.59 Å². The zero-order chi connectivity index (χ0) is 17.5. The van der Waals surface area contributed by atoms with Gasteiger partial charge in [0.2, 0.25) is 11.8 Å². The van der Waals surface area contributed by atoms with Gasteiger partial charge in [0.25, 0.3) is 0 Å². The van der Waals surface area contributed by atoms with Gasteiger partial charge in [0.1, 0.15) is 11.9 Å². The number of hydrogen-bond acceptors (Lipinski definition) is 4. The summed E-state index contributed by atoms with van der Waals surface area (Å²) in [5.74, 6) is 0.941. The predicted octanol–water partition coefficient (Wildman–Crippen LogP) is 0.759. The Hall–Kier alpha value is -1.89. The maximum absolute atomic E-state index is 12.7. The van der Waals surface area contributed by atoms with Crippen molar-refractivity contribution in [2.75, 3.05) is 26.2 Å². The molecule has 0 radical (unpaired) electrons. The average Bonchev–Trinajstić information content (AvgIpc) is 2.80. The van der Waals surface area contributed by atoms with Gasteiger partial charge in [-0.05, 0) is 12.8 Å². The molecule has 0 spiro atoms. The molecule has 1 saturated heterocycles. The fourth-order valence-electron chi connectivity index (χ4n) is 3.11. The van der Waals surface area contributed by atoms with Crippen molar-refractivity contribution < 1.29 is 9.59 Å². The number of carbonyl (C=O) groups excluding carboxylic acids is 2. The van der Waals surface area contributed by atoms with Crippen LogP contribution in [0, 0.1) is 0 Å². The van der Waals surface area contributed by atoms with Crippen LogP contribution < -0.4 is 5.32 Å². The van der Waals surface area contributed by atoms with Gasteiger partial charge in [-0.25, -0.2) is 4.98 Å². The number of aryl methyl sites for hydroxylation is 1. The molecule has 0 aliphatic carbocycles. The van der Waals surface area contributed by atoms with Gasteiger partial charge in [-0.15, -0.1) is 0 Å². The summed E-state index contributed by atoms with van der Waals surface area (Å²) >= 11 is 0. The SMILES string of the molecule is CCC[C@@H](NC(C)=O)C(=O)N1CCCN(Cc2nccn2C)CC1. The number of rotatable bonds is 6. The second-order valence-corrected chi connectivity index (χ2v) is 6.45. The van der Waals surface area contributed by atoms with Crippen LogP contribution in [0.5, 0.6) is 0 Å². The van der Waals surface area contributed by atoms with Crippen LogP contribution in [0.1, 0.15) is 38.9 Å². The van der Waals surface area contributed by atoms with E-state index in [0.29, 0.717) is 13.0 Å². The van der Waals surface area contributed by atoms with Crippen LogP contribution in [0.4, 0.5) is 0 Å². The average molecular weight is 335 g/mol. The molecule has 7 heteroatoms. The van der Waals surface area contributed by atoms with Crippen LogP contribution in [0.25, 0.3) is 0 Å². The Morgan fingerprint density at radius 2 is 2.08 bits per heavy atom. The minimum Gasteiger partial charge on any atom is -0.345 e. The fourth-order valence-corrected chi connectivity index (χ4v) is 3.11. The lowest BCUT2D eigenvalue weighted by Crippen LogP contribution is -2.49. The summed E-state index contributed by atoms with van der Waals surface area (Å²) in [6, 6.07) is -0.395. The summed E-state index contributed by atoms with van der Waals surface area (Å²) in [5.41, 5.74) is 0. The molecule has 0 saturated carbocycles. The van der Waals surface area contributed by atoms with Crippen molar-refractivity contribution in [1.82, 2.24) is 24.7 Å². The molecule has 7 nitrogen and oxygen atoms in total. The Kier molecular flexibility index (Phi) is 6.78. The first-order chi connectivity index (χ1) is 11.5. The van der Waals surface area contributed by atoms with E-state index in [1.165, 1.54) is 6.92 Å². The van der Waals surface area contributed by atoms with Gasteiger partial charge >= 0.3 is 0 Å². The van der Waals surface area contributed by atoms with E-state index in [2.05, 4.69) is 15.2 Å². The molecular weight excluding hydrogens is 306 g/mol. The highest BCUT2D eigenvalue weighted by Gasteiger charge is 2.26. The summed E-state index contributed by atoms with van der Waals surface area (Å²) < 4.78 is 2.03. The lowest BCUT2D eigenvalue weighted by atomic mass is 10.1. The molecule has 0 unspecified atom stereocenters. The highest BCUT2D eigenvalue weighted by atomic mass is 16.2. The fraction of sp³-hybridized carbons (Fsp3) is 0.706. The standard InChI is InChI=1S/C17H29N5O2/c1-4-6-15(19-14(2)23)17(24)22-9-5-8-21(11-12-22)13-16-18-7-10-20(16)3/h7,10,15H,4-6,8-9,11-13H2,1-3H3,(H,19,23)/t15-/m1/s1. The first-order valence-electron chi connectivity index (χ1n) is 8.75. The van der Waals surface area contributed by atoms with Crippen molar-refractivity contribution in [2.45, 2.75) is 45.7 Å². The third-order valence-electron chi connectivity index (χ3n) is 4.44. The lowest BCUT2D eigenvalue weighted by molar-refractivity contribution is -0.136. The van der Waals surface area contributed by atoms with E-state index in [-0.39, 0.29) is 11.8 Å². The molecule has 1 atom stereocenters. The van der Waals surface area contributed by atoms with Crippen molar-refractivity contribution in [2.24, 2.45) is 7.05 Å². The number of carbonyl (C=O) groups is 2. The molecule has 1 aliphatic heterocycles. The third kappa shape index (κ3) is 5.06. The van der Waals surface area contributed by atoms with E-state index in [0.717, 1.165) is 44.8 Å². The second-order valence-electron chi connectivity index (χ2n) is 6.45. The summed E-state index contributed by atoms with van der Waals surface area (Å²) in [4.78, 5) is 32.7. The molecule has 134 valence electrons. The molecule has 1 fully saturated rings. The minimum absolute atomic E-state index is 0.0471. The number of hydrogen-bond donors (Lipinski definition) is 1. The van der Waals surface area contributed by atoms with Gasteiger partial charge in [-0.1, -0.05) is 13.3 Å². The molecule has 2 rings (SSSR count). The van der Waals surface area contributed by atoms with Gasteiger partial charge in [-0.3, -0.25) is 14.5 Å². The Balaban J connectivity index is 1.92. The molecule has 2 heterocycles. The highest BCUT2D eigenvalue weighted by Crippen LogP contribution is 2.10. The maximum atomic E-state index is 12.7. The first-order valence-corrected chi connectivity index (χ1v) is 8.75. The molecule has 1 aromatic rings. The summed E-state index contributed by atoms with van der Waals surface area (Å²) in [7, 11) is 2.00. The molecule has 1 aromatic heterocycles. The monoisotopic (exact) mass is 335 g/mol. The van der Waals surface area contributed by atoms with Crippen molar-refractivity contribution in [3.63, 3.8) is 0 Å². The van der Waals surface area contributed by atoms with Crippen molar-refractivity contribution in [3.05, 3.63) is 18.2 Å². The Morgan fingerprint density at radius 3 is 2.71 bits per heavy atom. The molecule has 0 aromatic carbocycles. The Bertz CT molecular complexity index is 557. The van der Waals surface area contributed by atoms with Gasteiger partial charge in [0, 0.05) is 52.5 Å². The zero-order valence-electron chi connectivity index (χ0n) is 15.0. The van der Waals surface area contributed by atoms with Crippen molar-refractivity contribution >= 4 is 11.8 Å². The first kappa shape index (κ1) is 18.4.